The van der Waals surface area contributed by atoms with Gasteiger partial charge in [0.1, 0.15) is 11.4 Å². The van der Waals surface area contributed by atoms with Crippen LogP contribution in [0, 0.1) is 22.7 Å². The zero-order valence-corrected chi connectivity index (χ0v) is 7.66. The van der Waals surface area contributed by atoms with Gasteiger partial charge in [0, 0.05) is 6.61 Å². The molecule has 0 saturated carbocycles. The maximum atomic E-state index is 13.4. The second kappa shape index (κ2) is 2.26. The molecule has 0 radical (unpaired) electrons. The second-order valence-electron chi connectivity index (χ2n) is 4.18. The summed E-state index contributed by atoms with van der Waals surface area (Å²) in [6.07, 6.45) is 6.90. The number of hydrogen-bond donors (Lipinski definition) is 0. The Morgan fingerprint density at radius 3 is 3.21 bits per heavy atom. The summed E-state index contributed by atoms with van der Waals surface area (Å²) in [6, 6.07) is 2.07. The lowest BCUT2D eigenvalue weighted by Gasteiger charge is -2.51. The van der Waals surface area contributed by atoms with E-state index in [1.807, 2.05) is 6.08 Å². The van der Waals surface area contributed by atoms with E-state index in [1.54, 1.807) is 6.08 Å². The highest BCUT2D eigenvalue weighted by Gasteiger charge is 2.67. The summed E-state index contributed by atoms with van der Waals surface area (Å²) in [4.78, 5) is 0. The lowest BCUT2D eigenvalue weighted by molar-refractivity contribution is -0.0653. The average Bonchev–Trinajstić information content (AvgIpc) is 2.60. The molecule has 0 amide bonds. The molecule has 3 atom stereocenters. The summed E-state index contributed by atoms with van der Waals surface area (Å²) in [7, 11) is 0. The fourth-order valence-corrected chi connectivity index (χ4v) is 2.91. The Balaban J connectivity index is 2.19. The highest BCUT2D eigenvalue weighted by atomic mass is 19.1. The van der Waals surface area contributed by atoms with Crippen molar-refractivity contribution in [1.82, 2.24) is 0 Å². The number of nitriles is 1. The first-order valence-corrected chi connectivity index (χ1v) is 4.87. The van der Waals surface area contributed by atoms with Crippen LogP contribution in [-0.4, -0.2) is 12.2 Å². The Morgan fingerprint density at radius 1 is 1.64 bits per heavy atom. The van der Waals surface area contributed by atoms with Gasteiger partial charge in [-0.3, -0.25) is 0 Å². The van der Waals surface area contributed by atoms with Gasteiger partial charge in [-0.1, -0.05) is 12.2 Å². The van der Waals surface area contributed by atoms with E-state index in [-0.39, 0.29) is 11.7 Å². The third-order valence-electron chi connectivity index (χ3n) is 3.71. The fraction of sp³-hybridized carbons (Fsp3) is 0.545. The molecule has 1 aliphatic heterocycles. The minimum absolute atomic E-state index is 0.284. The van der Waals surface area contributed by atoms with Crippen molar-refractivity contribution in [2.45, 2.75) is 18.4 Å². The van der Waals surface area contributed by atoms with Crippen molar-refractivity contribution in [1.29, 1.82) is 5.26 Å². The minimum atomic E-state index is -1.10. The van der Waals surface area contributed by atoms with Gasteiger partial charge in [0.15, 0.2) is 5.41 Å². The maximum Gasteiger partial charge on any atom is 0.159 e. The standard InChI is InChI=1S/C11H10FNO/c12-9-6-11-8(3-5-14-11)2-1-4-10(9,11)7-13/h1,4,6,8H,2-3,5H2. The van der Waals surface area contributed by atoms with Crippen LogP contribution >= 0.6 is 0 Å². The number of allylic oxidation sites excluding steroid dienone is 1. The molecule has 0 N–H and O–H groups in total. The highest BCUT2D eigenvalue weighted by Crippen LogP contribution is 2.62. The molecule has 0 aromatic heterocycles. The van der Waals surface area contributed by atoms with Gasteiger partial charge in [0.2, 0.25) is 0 Å². The van der Waals surface area contributed by atoms with Crippen LogP contribution in [0.1, 0.15) is 12.8 Å². The molecule has 3 aliphatic rings. The summed E-state index contributed by atoms with van der Waals surface area (Å²) >= 11 is 0. The molecule has 3 heteroatoms. The van der Waals surface area contributed by atoms with Crippen LogP contribution in [-0.2, 0) is 4.74 Å². The monoisotopic (exact) mass is 191 g/mol. The van der Waals surface area contributed by atoms with Crippen LogP contribution in [0.25, 0.3) is 0 Å². The molecule has 3 rings (SSSR count). The van der Waals surface area contributed by atoms with E-state index in [1.165, 1.54) is 6.08 Å². The number of ether oxygens (including phenoxy) is 1. The Hall–Kier alpha value is -1.14. The van der Waals surface area contributed by atoms with Gasteiger partial charge in [0.25, 0.3) is 0 Å². The first-order chi connectivity index (χ1) is 6.75. The molecule has 0 bridgehead atoms. The molecule has 14 heavy (non-hydrogen) atoms. The molecule has 1 spiro atoms. The number of hydrogen-bond acceptors (Lipinski definition) is 2. The number of halogens is 1. The van der Waals surface area contributed by atoms with E-state index in [9.17, 15) is 4.39 Å². The average molecular weight is 191 g/mol. The first kappa shape index (κ1) is 8.19. The van der Waals surface area contributed by atoms with E-state index < -0.39 is 11.0 Å². The molecular formula is C11H10FNO. The Morgan fingerprint density at radius 2 is 2.50 bits per heavy atom. The predicted molar refractivity (Wildman–Crippen MR) is 47.8 cm³/mol. The summed E-state index contributed by atoms with van der Waals surface area (Å²) in [5.41, 5.74) is -1.74. The fourth-order valence-electron chi connectivity index (χ4n) is 2.91. The minimum Gasteiger partial charge on any atom is -0.368 e. The topological polar surface area (TPSA) is 33.0 Å². The lowest BCUT2D eigenvalue weighted by atomic mass is 9.55. The molecule has 2 aliphatic carbocycles. The van der Waals surface area contributed by atoms with Crippen LogP contribution in [0.15, 0.2) is 24.1 Å². The third-order valence-corrected chi connectivity index (χ3v) is 3.71. The van der Waals surface area contributed by atoms with Gasteiger partial charge in [0.05, 0.1) is 6.07 Å². The van der Waals surface area contributed by atoms with Crippen molar-refractivity contribution in [3.63, 3.8) is 0 Å². The molecule has 1 saturated heterocycles. The highest BCUT2D eigenvalue weighted by molar-refractivity contribution is 5.50. The number of rotatable bonds is 0. The van der Waals surface area contributed by atoms with Gasteiger partial charge in [-0.25, -0.2) is 4.39 Å². The molecular weight excluding hydrogens is 181 g/mol. The van der Waals surface area contributed by atoms with Crippen molar-refractivity contribution in [2.24, 2.45) is 11.3 Å². The van der Waals surface area contributed by atoms with Crippen LogP contribution in [0.3, 0.4) is 0 Å². The molecule has 3 unspecified atom stereocenters. The molecule has 2 nitrogen and oxygen atoms in total. The van der Waals surface area contributed by atoms with E-state index in [2.05, 4.69) is 6.07 Å². The van der Waals surface area contributed by atoms with Crippen LogP contribution in [0.4, 0.5) is 4.39 Å². The Bertz CT molecular complexity index is 395. The molecule has 1 fully saturated rings. The second-order valence-corrected chi connectivity index (χ2v) is 4.18. The van der Waals surface area contributed by atoms with Gasteiger partial charge < -0.3 is 4.74 Å². The van der Waals surface area contributed by atoms with E-state index in [0.29, 0.717) is 6.61 Å². The van der Waals surface area contributed by atoms with Crippen molar-refractivity contribution in [3.05, 3.63) is 24.1 Å². The summed E-state index contributed by atoms with van der Waals surface area (Å²) in [5.74, 6) is -0.0606. The summed E-state index contributed by atoms with van der Waals surface area (Å²) in [6.45, 7) is 0.638. The zero-order valence-electron chi connectivity index (χ0n) is 7.66. The van der Waals surface area contributed by atoms with Gasteiger partial charge in [-0.05, 0) is 24.8 Å². The zero-order chi connectivity index (χ0) is 9.81. The quantitative estimate of drug-likeness (QED) is 0.549. The van der Waals surface area contributed by atoms with Crippen molar-refractivity contribution < 1.29 is 9.13 Å². The van der Waals surface area contributed by atoms with Crippen LogP contribution in [0.2, 0.25) is 0 Å². The SMILES string of the molecule is N#CC12C=CCC3CCOC31C=C2F. The molecule has 1 heterocycles. The Labute approximate surface area is 81.7 Å². The van der Waals surface area contributed by atoms with E-state index in [0.717, 1.165) is 12.8 Å². The lowest BCUT2D eigenvalue weighted by Crippen LogP contribution is -2.57. The smallest absolute Gasteiger partial charge is 0.159 e. The normalized spacial score (nSPS) is 48.6. The predicted octanol–water partition coefficient (Wildman–Crippen LogP) is 2.10. The van der Waals surface area contributed by atoms with E-state index in [4.69, 9.17) is 10.00 Å². The largest absolute Gasteiger partial charge is 0.368 e. The van der Waals surface area contributed by atoms with Crippen molar-refractivity contribution >= 4 is 0 Å². The molecule has 0 aromatic rings. The molecule has 0 aromatic carbocycles. The summed E-state index contributed by atoms with van der Waals surface area (Å²) < 4.78 is 19.1. The van der Waals surface area contributed by atoms with Gasteiger partial charge in [-0.2, -0.15) is 5.26 Å². The Kier molecular flexibility index (Phi) is 1.32. The third kappa shape index (κ3) is 0.603. The van der Waals surface area contributed by atoms with Gasteiger partial charge >= 0.3 is 0 Å². The summed E-state index contributed by atoms with van der Waals surface area (Å²) in [5, 5.41) is 9.12. The number of nitrogens with zero attached hydrogens (tertiary/aromatic N) is 1. The van der Waals surface area contributed by atoms with Gasteiger partial charge in [-0.15, -0.1) is 0 Å². The van der Waals surface area contributed by atoms with Crippen molar-refractivity contribution in [2.75, 3.05) is 6.61 Å². The van der Waals surface area contributed by atoms with Crippen LogP contribution in [0.5, 0.6) is 0 Å². The van der Waals surface area contributed by atoms with E-state index >= 15 is 0 Å². The first-order valence-electron chi connectivity index (χ1n) is 4.87. The maximum absolute atomic E-state index is 13.4. The van der Waals surface area contributed by atoms with Crippen molar-refractivity contribution in [3.8, 4) is 6.07 Å². The van der Waals surface area contributed by atoms with Crippen LogP contribution < -0.4 is 0 Å². The molecule has 72 valence electrons.